The maximum atomic E-state index is 9.20. The van der Waals surface area contributed by atoms with E-state index in [1.807, 2.05) is 16.0 Å². The van der Waals surface area contributed by atoms with Crippen LogP contribution in [0.25, 0.3) is 16.2 Å². The van der Waals surface area contributed by atoms with E-state index in [9.17, 15) is 5.11 Å². The number of aliphatic hydroxyl groups is 1. The van der Waals surface area contributed by atoms with E-state index in [0.29, 0.717) is 0 Å². The van der Waals surface area contributed by atoms with Crippen molar-refractivity contribution in [3.8, 4) is 11.3 Å². The Morgan fingerprint density at radius 2 is 2.06 bits per heavy atom. The second-order valence-electron chi connectivity index (χ2n) is 4.03. The third-order valence-electron chi connectivity index (χ3n) is 2.79. The van der Waals surface area contributed by atoms with Crippen molar-refractivity contribution in [2.45, 2.75) is 13.5 Å². The molecule has 0 spiro atoms. The summed E-state index contributed by atoms with van der Waals surface area (Å²) in [5, 5.41) is 11.1. The summed E-state index contributed by atoms with van der Waals surface area (Å²) in [7, 11) is 0. The van der Waals surface area contributed by atoms with Crippen LogP contribution in [0.2, 0.25) is 0 Å². The molecule has 0 saturated heterocycles. The van der Waals surface area contributed by atoms with Crippen molar-refractivity contribution in [1.29, 1.82) is 0 Å². The number of aliphatic hydroxyl groups excluding tert-OH is 1. The number of benzene rings is 1. The van der Waals surface area contributed by atoms with Crippen LogP contribution in [0, 0.1) is 6.92 Å². The molecule has 0 amide bonds. The molecule has 1 aromatic carbocycles. The maximum Gasteiger partial charge on any atom is 0.194 e. The summed E-state index contributed by atoms with van der Waals surface area (Å²) in [6.07, 6.45) is 1.97. The molecule has 2 aromatic heterocycles. The summed E-state index contributed by atoms with van der Waals surface area (Å²) >= 11 is 1.55. The number of imidazole rings is 1. The fourth-order valence-electron chi connectivity index (χ4n) is 1.81. The monoisotopic (exact) mass is 244 g/mol. The zero-order valence-corrected chi connectivity index (χ0v) is 10.2. The summed E-state index contributed by atoms with van der Waals surface area (Å²) in [6, 6.07) is 8.30. The topological polar surface area (TPSA) is 37.5 Å². The van der Waals surface area contributed by atoms with Crippen molar-refractivity contribution in [2.24, 2.45) is 0 Å². The minimum atomic E-state index is 0.0453. The van der Waals surface area contributed by atoms with Crippen LogP contribution in [0.1, 0.15) is 11.3 Å². The normalized spacial score (nSPS) is 11.2. The highest BCUT2D eigenvalue weighted by Gasteiger charge is 2.08. The highest BCUT2D eigenvalue weighted by molar-refractivity contribution is 7.15. The fourth-order valence-corrected chi connectivity index (χ4v) is 2.67. The maximum absolute atomic E-state index is 9.20. The van der Waals surface area contributed by atoms with E-state index >= 15 is 0 Å². The summed E-state index contributed by atoms with van der Waals surface area (Å²) in [5.41, 5.74) is 4.18. The number of hydrogen-bond donors (Lipinski definition) is 1. The lowest BCUT2D eigenvalue weighted by Gasteiger charge is -1.96. The molecule has 0 bridgehead atoms. The minimum Gasteiger partial charge on any atom is -0.390 e. The highest BCUT2D eigenvalue weighted by atomic mass is 32.1. The number of hydrogen-bond acceptors (Lipinski definition) is 3. The molecule has 0 aliphatic carbocycles. The van der Waals surface area contributed by atoms with Crippen LogP contribution in [0.5, 0.6) is 0 Å². The van der Waals surface area contributed by atoms with Crippen molar-refractivity contribution in [2.75, 3.05) is 0 Å². The molecule has 3 nitrogen and oxygen atoms in total. The van der Waals surface area contributed by atoms with Crippen LogP contribution in [0.3, 0.4) is 0 Å². The van der Waals surface area contributed by atoms with Gasteiger partial charge >= 0.3 is 0 Å². The average molecular weight is 244 g/mol. The van der Waals surface area contributed by atoms with Crippen LogP contribution in [0.15, 0.2) is 35.8 Å². The third-order valence-corrected chi connectivity index (χ3v) is 3.68. The van der Waals surface area contributed by atoms with Crippen molar-refractivity contribution >= 4 is 16.3 Å². The van der Waals surface area contributed by atoms with Gasteiger partial charge in [0.1, 0.15) is 0 Å². The van der Waals surface area contributed by atoms with Crippen LogP contribution >= 0.6 is 11.3 Å². The molecule has 0 aliphatic rings. The van der Waals surface area contributed by atoms with Gasteiger partial charge in [0, 0.05) is 17.1 Å². The summed E-state index contributed by atoms with van der Waals surface area (Å²) in [4.78, 5) is 5.47. The molecule has 0 saturated carbocycles. The molecule has 2 heterocycles. The molecule has 3 aromatic rings. The number of nitrogens with zero attached hydrogens (tertiary/aromatic N) is 2. The van der Waals surface area contributed by atoms with Crippen LogP contribution in [-0.4, -0.2) is 14.5 Å². The highest BCUT2D eigenvalue weighted by Crippen LogP contribution is 2.23. The molecule has 17 heavy (non-hydrogen) atoms. The van der Waals surface area contributed by atoms with E-state index in [2.05, 4.69) is 36.2 Å². The molecule has 0 fully saturated rings. The molecular weight excluding hydrogens is 232 g/mol. The van der Waals surface area contributed by atoms with Gasteiger partial charge < -0.3 is 5.11 Å². The third kappa shape index (κ3) is 1.75. The van der Waals surface area contributed by atoms with E-state index in [-0.39, 0.29) is 6.61 Å². The molecule has 4 heteroatoms. The van der Waals surface area contributed by atoms with Crippen molar-refractivity contribution < 1.29 is 5.11 Å². The van der Waals surface area contributed by atoms with Gasteiger partial charge in [-0.3, -0.25) is 4.40 Å². The van der Waals surface area contributed by atoms with Crippen LogP contribution < -0.4 is 0 Å². The zero-order valence-electron chi connectivity index (χ0n) is 9.42. The van der Waals surface area contributed by atoms with Gasteiger partial charge in [-0.2, -0.15) is 0 Å². The first-order valence-corrected chi connectivity index (χ1v) is 6.29. The zero-order chi connectivity index (χ0) is 11.8. The molecule has 3 rings (SSSR count). The first-order chi connectivity index (χ1) is 8.28. The fraction of sp³-hybridized carbons (Fsp3) is 0.154. The van der Waals surface area contributed by atoms with E-state index in [1.54, 1.807) is 11.3 Å². The van der Waals surface area contributed by atoms with Gasteiger partial charge in [0.15, 0.2) is 4.96 Å². The molecule has 1 N–H and O–H groups in total. The van der Waals surface area contributed by atoms with Crippen LogP contribution in [-0.2, 0) is 6.61 Å². The summed E-state index contributed by atoms with van der Waals surface area (Å²) in [6.45, 7) is 2.11. The number of rotatable bonds is 2. The number of thiazole rings is 1. The Morgan fingerprint density at radius 1 is 1.29 bits per heavy atom. The van der Waals surface area contributed by atoms with Gasteiger partial charge in [0.2, 0.25) is 0 Å². The lowest BCUT2D eigenvalue weighted by Crippen LogP contribution is -1.87. The van der Waals surface area contributed by atoms with E-state index in [4.69, 9.17) is 0 Å². The van der Waals surface area contributed by atoms with Gasteiger partial charge in [0.05, 0.1) is 18.0 Å². The Kier molecular flexibility index (Phi) is 2.46. The number of fused-ring (bicyclic) bond motifs is 1. The Hall–Kier alpha value is -1.65. The average Bonchev–Trinajstić information content (AvgIpc) is 2.89. The van der Waals surface area contributed by atoms with Gasteiger partial charge in [-0.15, -0.1) is 11.3 Å². The molecule has 86 valence electrons. The van der Waals surface area contributed by atoms with Gasteiger partial charge in [-0.25, -0.2) is 4.98 Å². The van der Waals surface area contributed by atoms with Crippen molar-refractivity contribution in [3.05, 3.63) is 47.1 Å². The predicted molar refractivity (Wildman–Crippen MR) is 69.2 cm³/mol. The minimum absolute atomic E-state index is 0.0453. The quantitative estimate of drug-likeness (QED) is 0.752. The van der Waals surface area contributed by atoms with Gasteiger partial charge in [-0.1, -0.05) is 29.8 Å². The second kappa shape index (κ2) is 3.98. The lowest BCUT2D eigenvalue weighted by atomic mass is 10.1. The van der Waals surface area contributed by atoms with E-state index < -0.39 is 0 Å². The lowest BCUT2D eigenvalue weighted by molar-refractivity contribution is 0.276. The summed E-state index contributed by atoms with van der Waals surface area (Å²) < 4.78 is 1.94. The molecule has 0 unspecified atom stereocenters. The second-order valence-corrected chi connectivity index (χ2v) is 4.87. The van der Waals surface area contributed by atoms with Gasteiger partial charge in [0.25, 0.3) is 0 Å². The predicted octanol–water partition coefficient (Wildman–Crippen LogP) is 2.86. The van der Waals surface area contributed by atoms with Crippen molar-refractivity contribution in [1.82, 2.24) is 9.38 Å². The SMILES string of the molecule is Cc1ccc(-c2cn3c(CO)csc3n2)cc1. The largest absolute Gasteiger partial charge is 0.390 e. The first-order valence-electron chi connectivity index (χ1n) is 5.41. The summed E-state index contributed by atoms with van der Waals surface area (Å²) in [5.74, 6) is 0. The Morgan fingerprint density at radius 3 is 2.76 bits per heavy atom. The van der Waals surface area contributed by atoms with Crippen molar-refractivity contribution in [3.63, 3.8) is 0 Å². The molecule has 0 atom stereocenters. The molecule has 0 aliphatic heterocycles. The molecule has 0 radical (unpaired) electrons. The van der Waals surface area contributed by atoms with E-state index in [0.717, 1.165) is 21.9 Å². The first kappa shape index (κ1) is 10.5. The Labute approximate surface area is 103 Å². The van der Waals surface area contributed by atoms with Crippen LogP contribution in [0.4, 0.5) is 0 Å². The Balaban J connectivity index is 2.11. The number of aromatic nitrogens is 2. The van der Waals surface area contributed by atoms with E-state index in [1.165, 1.54) is 5.56 Å². The molecular formula is C13H12N2OS. The van der Waals surface area contributed by atoms with Gasteiger partial charge in [-0.05, 0) is 6.92 Å². The standard InChI is InChI=1S/C13H12N2OS/c1-9-2-4-10(5-3-9)12-6-15-11(7-16)8-17-13(15)14-12/h2-6,8,16H,7H2,1H3. The Bertz CT molecular complexity index is 652. The smallest absolute Gasteiger partial charge is 0.194 e. The number of aryl methyl sites for hydroxylation is 1.